The fourth-order valence-electron chi connectivity index (χ4n) is 3.96. The molecule has 3 aromatic rings. The van der Waals surface area contributed by atoms with Crippen LogP contribution in [0.3, 0.4) is 0 Å². The van der Waals surface area contributed by atoms with Gasteiger partial charge in [0.1, 0.15) is 5.92 Å². The molecular formula is C27H27N3O3. The van der Waals surface area contributed by atoms with Gasteiger partial charge in [0.2, 0.25) is 5.91 Å². The fraction of sp³-hybridized carbons (Fsp3) is 0.222. The Morgan fingerprint density at radius 3 is 2.48 bits per heavy atom. The number of esters is 1. The van der Waals surface area contributed by atoms with Gasteiger partial charge in [0.15, 0.2) is 0 Å². The third kappa shape index (κ3) is 5.02. The van der Waals surface area contributed by atoms with Crippen molar-refractivity contribution < 1.29 is 14.3 Å². The lowest BCUT2D eigenvalue weighted by Crippen LogP contribution is -2.21. The molecule has 0 aromatic heterocycles. The highest BCUT2D eigenvalue weighted by Gasteiger charge is 2.36. The van der Waals surface area contributed by atoms with Crippen molar-refractivity contribution in [3.8, 4) is 0 Å². The Hall–Kier alpha value is -3.77. The summed E-state index contributed by atoms with van der Waals surface area (Å²) in [6.45, 7) is 2.71. The van der Waals surface area contributed by atoms with Crippen LogP contribution in [0.5, 0.6) is 0 Å². The Kier molecular flexibility index (Phi) is 6.95. The molecule has 1 amide bonds. The summed E-state index contributed by atoms with van der Waals surface area (Å²) >= 11 is 0. The quantitative estimate of drug-likeness (QED) is 0.394. The van der Waals surface area contributed by atoms with Crippen molar-refractivity contribution in [1.29, 1.82) is 0 Å². The van der Waals surface area contributed by atoms with Gasteiger partial charge in [-0.05, 0) is 67.3 Å². The van der Waals surface area contributed by atoms with Gasteiger partial charge in [-0.3, -0.25) is 9.79 Å². The summed E-state index contributed by atoms with van der Waals surface area (Å²) in [7, 11) is 0. The predicted molar refractivity (Wildman–Crippen MR) is 130 cm³/mol. The highest BCUT2D eigenvalue weighted by Crippen LogP contribution is 2.37. The van der Waals surface area contributed by atoms with Crippen molar-refractivity contribution in [2.75, 3.05) is 18.5 Å². The Morgan fingerprint density at radius 1 is 1.03 bits per heavy atom. The number of nitrogens with zero attached hydrogens (tertiary/aromatic N) is 1. The summed E-state index contributed by atoms with van der Waals surface area (Å²) < 4.78 is 5.09. The van der Waals surface area contributed by atoms with Crippen molar-refractivity contribution in [2.24, 2.45) is 10.7 Å². The summed E-state index contributed by atoms with van der Waals surface area (Å²) in [4.78, 5) is 30.1. The standard InChI is InChI=1S/C27H27N3O3/c1-2-33-27(32)20-12-15-22-23(17-20)30-26(31)24(22)25(19-8-4-3-5-9-19)29-21-13-10-18(11-14-21)7-6-16-28/h3-5,8-15,17,24H,2,6-7,16,28H2,1H3,(H,30,31). The monoisotopic (exact) mass is 441 g/mol. The zero-order valence-corrected chi connectivity index (χ0v) is 18.6. The molecule has 0 bridgehead atoms. The molecule has 6 heteroatoms. The van der Waals surface area contributed by atoms with E-state index in [-0.39, 0.29) is 5.91 Å². The zero-order valence-electron chi connectivity index (χ0n) is 18.6. The molecule has 1 unspecified atom stereocenters. The highest BCUT2D eigenvalue weighted by molar-refractivity contribution is 6.24. The number of nitrogens with one attached hydrogen (secondary N) is 1. The van der Waals surface area contributed by atoms with E-state index < -0.39 is 11.9 Å². The second-order valence-electron chi connectivity index (χ2n) is 7.87. The molecular weight excluding hydrogens is 414 g/mol. The predicted octanol–water partition coefficient (Wildman–Crippen LogP) is 4.61. The van der Waals surface area contributed by atoms with Gasteiger partial charge in [0.25, 0.3) is 0 Å². The largest absolute Gasteiger partial charge is 0.462 e. The Morgan fingerprint density at radius 2 is 1.79 bits per heavy atom. The molecule has 0 radical (unpaired) electrons. The summed E-state index contributed by atoms with van der Waals surface area (Å²) in [5.41, 5.74) is 10.9. The average molecular weight is 442 g/mol. The smallest absolute Gasteiger partial charge is 0.338 e. The number of hydrogen-bond acceptors (Lipinski definition) is 5. The highest BCUT2D eigenvalue weighted by atomic mass is 16.5. The number of ether oxygens (including phenoxy) is 1. The number of anilines is 1. The van der Waals surface area contributed by atoms with E-state index in [4.69, 9.17) is 15.5 Å². The number of carbonyl (C=O) groups is 2. The van der Waals surface area contributed by atoms with Gasteiger partial charge in [0.05, 0.1) is 23.6 Å². The molecule has 0 fully saturated rings. The van der Waals surface area contributed by atoms with Crippen LogP contribution in [0, 0.1) is 0 Å². The van der Waals surface area contributed by atoms with Gasteiger partial charge < -0.3 is 15.8 Å². The van der Waals surface area contributed by atoms with Crippen LogP contribution < -0.4 is 11.1 Å². The maximum atomic E-state index is 13.1. The zero-order chi connectivity index (χ0) is 23.2. The van der Waals surface area contributed by atoms with Crippen molar-refractivity contribution in [2.45, 2.75) is 25.7 Å². The summed E-state index contributed by atoms with van der Waals surface area (Å²) in [5, 5.41) is 2.91. The van der Waals surface area contributed by atoms with Crippen LogP contribution in [0.4, 0.5) is 11.4 Å². The van der Waals surface area contributed by atoms with Crippen molar-refractivity contribution >= 4 is 29.0 Å². The number of amides is 1. The van der Waals surface area contributed by atoms with E-state index in [0.717, 1.165) is 29.7 Å². The van der Waals surface area contributed by atoms with Gasteiger partial charge in [-0.2, -0.15) is 0 Å². The SMILES string of the molecule is CCOC(=O)c1ccc2c(c1)NC(=O)C2C(=Nc1ccc(CCCN)cc1)c1ccccc1. The molecule has 1 aliphatic heterocycles. The average Bonchev–Trinajstić information content (AvgIpc) is 3.17. The van der Waals surface area contributed by atoms with Crippen LogP contribution in [-0.4, -0.2) is 30.7 Å². The fourth-order valence-corrected chi connectivity index (χ4v) is 3.96. The third-order valence-corrected chi connectivity index (χ3v) is 5.59. The molecule has 1 heterocycles. The molecule has 6 nitrogen and oxygen atoms in total. The topological polar surface area (TPSA) is 93.8 Å². The van der Waals surface area contributed by atoms with Crippen LogP contribution in [0.2, 0.25) is 0 Å². The number of nitrogens with two attached hydrogens (primary N) is 1. The lowest BCUT2D eigenvalue weighted by Gasteiger charge is -2.14. The van der Waals surface area contributed by atoms with E-state index >= 15 is 0 Å². The van der Waals surface area contributed by atoms with Crippen molar-refractivity contribution in [3.05, 3.63) is 95.1 Å². The van der Waals surface area contributed by atoms with E-state index in [9.17, 15) is 9.59 Å². The number of aliphatic imine (C=N–C) groups is 1. The van der Waals surface area contributed by atoms with Gasteiger partial charge in [-0.15, -0.1) is 0 Å². The minimum Gasteiger partial charge on any atom is -0.462 e. The molecule has 1 atom stereocenters. The van der Waals surface area contributed by atoms with Gasteiger partial charge in [0, 0.05) is 5.69 Å². The number of aryl methyl sites for hydroxylation is 1. The Bertz CT molecular complexity index is 1170. The second-order valence-corrected chi connectivity index (χ2v) is 7.87. The van der Waals surface area contributed by atoms with Gasteiger partial charge >= 0.3 is 5.97 Å². The molecule has 33 heavy (non-hydrogen) atoms. The lowest BCUT2D eigenvalue weighted by molar-refractivity contribution is -0.115. The summed E-state index contributed by atoms with van der Waals surface area (Å²) in [6, 6.07) is 22.9. The first-order valence-electron chi connectivity index (χ1n) is 11.2. The van der Waals surface area contributed by atoms with E-state index in [2.05, 4.69) is 5.32 Å². The van der Waals surface area contributed by atoms with Crippen LogP contribution in [-0.2, 0) is 16.0 Å². The molecule has 3 N–H and O–H groups in total. The minimum absolute atomic E-state index is 0.173. The van der Waals surface area contributed by atoms with E-state index in [0.29, 0.717) is 30.1 Å². The Labute approximate surface area is 193 Å². The molecule has 0 aliphatic carbocycles. The van der Waals surface area contributed by atoms with Crippen LogP contribution in [0.25, 0.3) is 0 Å². The molecule has 1 aliphatic rings. The molecule has 4 rings (SSSR count). The number of fused-ring (bicyclic) bond motifs is 1. The van der Waals surface area contributed by atoms with Crippen LogP contribution >= 0.6 is 0 Å². The Balaban J connectivity index is 1.73. The first-order valence-corrected chi connectivity index (χ1v) is 11.2. The molecule has 0 saturated heterocycles. The van der Waals surface area contributed by atoms with Gasteiger partial charge in [-0.25, -0.2) is 4.79 Å². The van der Waals surface area contributed by atoms with Crippen molar-refractivity contribution in [1.82, 2.24) is 0 Å². The van der Waals surface area contributed by atoms with Gasteiger partial charge in [-0.1, -0.05) is 48.5 Å². The maximum absolute atomic E-state index is 13.1. The number of rotatable bonds is 8. The van der Waals surface area contributed by atoms with E-state index in [1.165, 1.54) is 5.56 Å². The number of carbonyl (C=O) groups excluding carboxylic acids is 2. The summed E-state index contributed by atoms with van der Waals surface area (Å²) in [5.74, 6) is -1.17. The maximum Gasteiger partial charge on any atom is 0.338 e. The minimum atomic E-state index is -0.587. The first-order chi connectivity index (χ1) is 16.1. The number of hydrogen-bond donors (Lipinski definition) is 2. The molecule has 168 valence electrons. The first kappa shape index (κ1) is 22.4. The van der Waals surface area contributed by atoms with E-state index in [1.807, 2.05) is 54.6 Å². The number of benzene rings is 3. The second kappa shape index (κ2) is 10.2. The van der Waals surface area contributed by atoms with E-state index in [1.54, 1.807) is 25.1 Å². The lowest BCUT2D eigenvalue weighted by atomic mass is 9.90. The van der Waals surface area contributed by atoms with Crippen molar-refractivity contribution in [3.63, 3.8) is 0 Å². The normalized spacial score (nSPS) is 15.2. The third-order valence-electron chi connectivity index (χ3n) is 5.59. The molecule has 0 saturated carbocycles. The van der Waals surface area contributed by atoms with Crippen LogP contribution in [0.1, 0.15) is 46.3 Å². The summed E-state index contributed by atoms with van der Waals surface area (Å²) in [6.07, 6.45) is 1.86. The van der Waals surface area contributed by atoms with Crippen LogP contribution in [0.15, 0.2) is 77.8 Å². The molecule has 0 spiro atoms. The molecule has 3 aromatic carbocycles.